The summed E-state index contributed by atoms with van der Waals surface area (Å²) in [5.74, 6) is 0.902. The lowest BCUT2D eigenvalue weighted by Crippen LogP contribution is -2.40. The van der Waals surface area contributed by atoms with Crippen molar-refractivity contribution in [2.45, 2.75) is 24.9 Å². The molecule has 0 aromatic heterocycles. The molecule has 0 spiro atoms. The first-order valence-electron chi connectivity index (χ1n) is 10.9. The summed E-state index contributed by atoms with van der Waals surface area (Å²) in [6.45, 7) is 1.67. The number of carbonyl (C=O) groups is 1. The number of rotatable bonds is 11. The fourth-order valence-electron chi connectivity index (χ4n) is 3.54. The van der Waals surface area contributed by atoms with Crippen molar-refractivity contribution in [1.82, 2.24) is 9.62 Å². The van der Waals surface area contributed by atoms with Gasteiger partial charge in [0.2, 0.25) is 15.9 Å². The highest BCUT2D eigenvalue weighted by Gasteiger charge is 2.30. The first-order chi connectivity index (χ1) is 16.8. The molecule has 186 valence electrons. The van der Waals surface area contributed by atoms with Crippen LogP contribution in [0.5, 0.6) is 17.2 Å². The first-order valence-corrected chi connectivity index (χ1v) is 12.4. The third-order valence-corrected chi connectivity index (χ3v) is 7.21. The lowest BCUT2D eigenvalue weighted by Gasteiger charge is -2.23. The summed E-state index contributed by atoms with van der Waals surface area (Å²) in [5.41, 5.74) is 2.31. The fraction of sp³-hybridized carbons (Fsp3) is 0.269. The zero-order chi connectivity index (χ0) is 25.4. The third kappa shape index (κ3) is 6.52. The fourth-order valence-corrected chi connectivity index (χ4v) is 5.17. The molecule has 0 radical (unpaired) electrons. The molecule has 1 amide bonds. The number of ether oxygens (including phenoxy) is 3. The normalized spacial score (nSPS) is 11.2. The maximum Gasteiger partial charge on any atom is 0.247 e. The van der Waals surface area contributed by atoms with Gasteiger partial charge in [0.05, 0.1) is 27.9 Å². The molecule has 9 heteroatoms. The summed E-state index contributed by atoms with van der Waals surface area (Å²) in [6.07, 6.45) is 0. The van der Waals surface area contributed by atoms with Crippen molar-refractivity contribution in [1.29, 1.82) is 0 Å². The molecule has 0 saturated carbocycles. The molecule has 3 rings (SSSR count). The molecule has 0 saturated heterocycles. The van der Waals surface area contributed by atoms with Gasteiger partial charge in [0.25, 0.3) is 0 Å². The Hall–Kier alpha value is -3.56. The van der Waals surface area contributed by atoms with Crippen molar-refractivity contribution >= 4 is 15.9 Å². The van der Waals surface area contributed by atoms with E-state index in [1.807, 2.05) is 30.3 Å². The molecule has 3 aromatic rings. The van der Waals surface area contributed by atoms with E-state index in [2.05, 4.69) is 5.32 Å². The minimum absolute atomic E-state index is 0.0172. The summed E-state index contributed by atoms with van der Waals surface area (Å²) in [4.78, 5) is 12.9. The van der Waals surface area contributed by atoms with Crippen LogP contribution in [0.2, 0.25) is 0 Å². The van der Waals surface area contributed by atoms with E-state index in [4.69, 9.17) is 14.2 Å². The molecule has 0 heterocycles. The van der Waals surface area contributed by atoms with E-state index in [0.29, 0.717) is 11.5 Å². The minimum Gasteiger partial charge on any atom is -0.495 e. The number of nitrogens with one attached hydrogen (secondary N) is 1. The summed E-state index contributed by atoms with van der Waals surface area (Å²) in [6, 6.07) is 19.4. The van der Waals surface area contributed by atoms with Crippen LogP contribution >= 0.6 is 0 Å². The molecule has 8 nitrogen and oxygen atoms in total. The highest BCUT2D eigenvalue weighted by molar-refractivity contribution is 7.89. The summed E-state index contributed by atoms with van der Waals surface area (Å²) < 4.78 is 44.3. The van der Waals surface area contributed by atoms with Crippen LogP contribution in [0.1, 0.15) is 16.7 Å². The summed E-state index contributed by atoms with van der Waals surface area (Å²) in [7, 11) is 0.446. The van der Waals surface area contributed by atoms with Gasteiger partial charge in [0.15, 0.2) is 11.5 Å². The van der Waals surface area contributed by atoms with E-state index in [1.165, 1.54) is 14.2 Å². The Morgan fingerprint density at radius 2 is 1.49 bits per heavy atom. The molecule has 0 fully saturated rings. The highest BCUT2D eigenvalue weighted by Crippen LogP contribution is 2.29. The van der Waals surface area contributed by atoms with Crippen LogP contribution in [-0.2, 0) is 27.9 Å². The quantitative estimate of drug-likeness (QED) is 0.435. The molecule has 3 aromatic carbocycles. The van der Waals surface area contributed by atoms with Crippen LogP contribution in [0.25, 0.3) is 0 Å². The Kier molecular flexibility index (Phi) is 8.73. The predicted octanol–water partition coefficient (Wildman–Crippen LogP) is 3.53. The Morgan fingerprint density at radius 3 is 2.14 bits per heavy atom. The monoisotopic (exact) mass is 498 g/mol. The Morgan fingerprint density at radius 1 is 0.829 bits per heavy atom. The average molecular weight is 499 g/mol. The van der Waals surface area contributed by atoms with E-state index >= 15 is 0 Å². The number of hydrogen-bond donors (Lipinski definition) is 1. The standard InChI is InChI=1S/C26H30N2O6S/c1-19-10-12-23(33-3)25(14-19)35(30,31)28(17-20-8-6-5-7-9-20)18-26(29)27-16-21-11-13-22(32-2)24(15-21)34-4/h5-15H,16-18H2,1-4H3,(H,27,29). The van der Waals surface area contributed by atoms with E-state index in [0.717, 1.165) is 21.0 Å². The molecule has 1 N–H and O–H groups in total. The van der Waals surface area contributed by atoms with Gasteiger partial charge in [0, 0.05) is 13.1 Å². The number of aryl methyl sites for hydroxylation is 1. The third-order valence-electron chi connectivity index (χ3n) is 5.40. The zero-order valence-corrected chi connectivity index (χ0v) is 21.1. The van der Waals surface area contributed by atoms with Crippen LogP contribution in [0, 0.1) is 6.92 Å². The van der Waals surface area contributed by atoms with Crippen molar-refractivity contribution in [3.63, 3.8) is 0 Å². The van der Waals surface area contributed by atoms with Gasteiger partial charge in [-0.25, -0.2) is 8.42 Å². The number of amides is 1. The Labute approximate surface area is 206 Å². The predicted molar refractivity (Wildman–Crippen MR) is 133 cm³/mol. The van der Waals surface area contributed by atoms with Crippen molar-refractivity contribution in [2.24, 2.45) is 0 Å². The molecule has 0 bridgehead atoms. The largest absolute Gasteiger partial charge is 0.495 e. The van der Waals surface area contributed by atoms with Gasteiger partial charge in [-0.2, -0.15) is 4.31 Å². The second kappa shape index (κ2) is 11.7. The number of methoxy groups -OCH3 is 3. The van der Waals surface area contributed by atoms with Crippen molar-refractivity contribution < 1.29 is 27.4 Å². The second-order valence-electron chi connectivity index (χ2n) is 7.88. The smallest absolute Gasteiger partial charge is 0.247 e. The molecule has 0 atom stereocenters. The van der Waals surface area contributed by atoms with Gasteiger partial charge in [-0.05, 0) is 47.9 Å². The lowest BCUT2D eigenvalue weighted by molar-refractivity contribution is -0.121. The van der Waals surface area contributed by atoms with Crippen molar-refractivity contribution in [3.8, 4) is 17.2 Å². The SMILES string of the molecule is COc1ccc(CNC(=O)CN(Cc2ccccc2)S(=O)(=O)c2cc(C)ccc2OC)cc1OC. The molecular weight excluding hydrogens is 468 g/mol. The summed E-state index contributed by atoms with van der Waals surface area (Å²) in [5, 5.41) is 2.79. The highest BCUT2D eigenvalue weighted by atomic mass is 32.2. The molecule has 0 aliphatic carbocycles. The van der Waals surface area contributed by atoms with Gasteiger partial charge >= 0.3 is 0 Å². The number of sulfonamides is 1. The zero-order valence-electron chi connectivity index (χ0n) is 20.3. The van der Waals surface area contributed by atoms with Gasteiger partial charge in [0.1, 0.15) is 10.6 Å². The lowest BCUT2D eigenvalue weighted by atomic mass is 10.2. The van der Waals surface area contributed by atoms with Crippen LogP contribution in [0.4, 0.5) is 0 Å². The average Bonchev–Trinajstić information content (AvgIpc) is 2.87. The second-order valence-corrected chi connectivity index (χ2v) is 9.79. The minimum atomic E-state index is -4.05. The van der Waals surface area contributed by atoms with E-state index in [9.17, 15) is 13.2 Å². The van der Waals surface area contributed by atoms with Crippen LogP contribution in [-0.4, -0.2) is 46.5 Å². The van der Waals surface area contributed by atoms with Crippen LogP contribution < -0.4 is 19.5 Å². The van der Waals surface area contributed by atoms with E-state index in [-0.39, 0.29) is 30.3 Å². The van der Waals surface area contributed by atoms with E-state index < -0.39 is 15.9 Å². The summed E-state index contributed by atoms with van der Waals surface area (Å²) >= 11 is 0. The van der Waals surface area contributed by atoms with Gasteiger partial charge < -0.3 is 19.5 Å². The molecule has 0 aliphatic heterocycles. The first kappa shape index (κ1) is 26.1. The number of hydrogen-bond acceptors (Lipinski definition) is 6. The van der Waals surface area contributed by atoms with Crippen molar-refractivity contribution in [3.05, 3.63) is 83.4 Å². The van der Waals surface area contributed by atoms with Gasteiger partial charge in [-0.1, -0.05) is 42.5 Å². The van der Waals surface area contributed by atoms with E-state index in [1.54, 1.807) is 50.4 Å². The number of nitrogens with zero attached hydrogens (tertiary/aromatic N) is 1. The molecule has 0 aliphatic rings. The Bertz CT molecular complexity index is 1260. The molecule has 0 unspecified atom stereocenters. The van der Waals surface area contributed by atoms with Crippen LogP contribution in [0.3, 0.4) is 0 Å². The topological polar surface area (TPSA) is 94.2 Å². The molecule has 35 heavy (non-hydrogen) atoms. The number of benzene rings is 3. The molecular formula is C26H30N2O6S. The van der Waals surface area contributed by atoms with Crippen molar-refractivity contribution in [2.75, 3.05) is 27.9 Å². The van der Waals surface area contributed by atoms with Gasteiger partial charge in [-0.15, -0.1) is 0 Å². The van der Waals surface area contributed by atoms with Gasteiger partial charge in [-0.3, -0.25) is 4.79 Å². The number of carbonyl (C=O) groups excluding carboxylic acids is 1. The maximum atomic E-state index is 13.7. The maximum absolute atomic E-state index is 13.7. The Balaban J connectivity index is 1.84. The van der Waals surface area contributed by atoms with Crippen LogP contribution in [0.15, 0.2) is 71.6 Å².